The molecule has 1 aliphatic heterocycles. The number of carboxylic acid groups (broad SMARTS) is 1. The summed E-state index contributed by atoms with van der Waals surface area (Å²) in [6, 6.07) is 2.37. The molecule has 1 aliphatic rings. The predicted octanol–water partition coefficient (Wildman–Crippen LogP) is 1.23. The Morgan fingerprint density at radius 3 is 2.40 bits per heavy atom. The minimum atomic E-state index is -1.52. The van der Waals surface area contributed by atoms with E-state index in [0.29, 0.717) is 5.56 Å². The lowest BCUT2D eigenvalue weighted by molar-refractivity contribution is -0.140. The van der Waals surface area contributed by atoms with Crippen LogP contribution in [-0.2, 0) is 23.8 Å². The smallest absolute Gasteiger partial charge is 0.355 e. The molecule has 0 aromatic heterocycles. The van der Waals surface area contributed by atoms with Crippen molar-refractivity contribution in [2.45, 2.75) is 6.92 Å². The molecule has 1 aromatic rings. The van der Waals surface area contributed by atoms with Crippen LogP contribution in [-0.4, -0.2) is 50.6 Å². The summed E-state index contributed by atoms with van der Waals surface area (Å²) in [5, 5.41) is 9.37. The molecule has 0 spiro atoms. The topological polar surface area (TPSA) is 102 Å². The molecule has 1 aromatic carbocycles. The first-order chi connectivity index (χ1) is 11.8. The van der Waals surface area contributed by atoms with E-state index in [9.17, 15) is 23.9 Å². The third kappa shape index (κ3) is 3.31. The van der Waals surface area contributed by atoms with Crippen LogP contribution in [0.4, 0.5) is 10.1 Å². The first kappa shape index (κ1) is 18.4. The highest BCUT2D eigenvalue weighted by Gasteiger charge is 2.35. The molecular formula is C16H16FNO7. The van der Waals surface area contributed by atoms with Gasteiger partial charge in [-0.2, -0.15) is 0 Å². The Bertz CT molecular complexity index is 772. The van der Waals surface area contributed by atoms with Crippen molar-refractivity contribution in [2.24, 2.45) is 0 Å². The van der Waals surface area contributed by atoms with Gasteiger partial charge in [-0.1, -0.05) is 6.07 Å². The number of carboxylic acids is 1. The fraction of sp³-hybridized carbons (Fsp3) is 0.312. The van der Waals surface area contributed by atoms with Crippen LogP contribution in [0.25, 0.3) is 0 Å². The molecule has 0 saturated heterocycles. The van der Waals surface area contributed by atoms with Crippen LogP contribution in [0.2, 0.25) is 0 Å². The molecule has 1 N–H and O–H groups in total. The lowest BCUT2D eigenvalue weighted by Gasteiger charge is -2.33. The molecule has 0 unspecified atom stereocenters. The zero-order valence-electron chi connectivity index (χ0n) is 13.8. The number of aromatic carboxylic acids is 1. The van der Waals surface area contributed by atoms with Crippen LogP contribution in [0.1, 0.15) is 15.9 Å². The zero-order valence-corrected chi connectivity index (χ0v) is 13.8. The highest BCUT2D eigenvalue weighted by atomic mass is 19.1. The molecule has 0 amide bonds. The fourth-order valence-electron chi connectivity index (χ4n) is 2.54. The average molecular weight is 353 g/mol. The standard InChI is InChI=1S/C16H16FNO7/c1-8-4-5-10(17)11(14(19)20)12(8)18-7-25-6-9(15(21)23-2)13(18)16(22)24-3/h4-5H,6-7H2,1-3H3,(H,19,20). The van der Waals surface area contributed by atoms with E-state index in [2.05, 4.69) is 4.74 Å². The Balaban J connectivity index is 2.77. The maximum atomic E-state index is 14.1. The van der Waals surface area contributed by atoms with Crippen molar-refractivity contribution in [3.05, 3.63) is 40.3 Å². The fourth-order valence-corrected chi connectivity index (χ4v) is 2.54. The molecule has 1 heterocycles. The molecule has 25 heavy (non-hydrogen) atoms. The van der Waals surface area contributed by atoms with Gasteiger partial charge in [0.1, 0.15) is 23.8 Å². The predicted molar refractivity (Wildman–Crippen MR) is 82.5 cm³/mol. The van der Waals surface area contributed by atoms with E-state index in [1.54, 1.807) is 6.92 Å². The highest BCUT2D eigenvalue weighted by molar-refractivity contribution is 6.05. The van der Waals surface area contributed by atoms with E-state index < -0.39 is 29.3 Å². The van der Waals surface area contributed by atoms with E-state index in [0.717, 1.165) is 25.2 Å². The van der Waals surface area contributed by atoms with Gasteiger partial charge in [0.25, 0.3) is 0 Å². The minimum Gasteiger partial charge on any atom is -0.478 e. The van der Waals surface area contributed by atoms with Gasteiger partial charge in [-0.25, -0.2) is 18.8 Å². The second-order valence-electron chi connectivity index (χ2n) is 5.11. The molecular weight excluding hydrogens is 337 g/mol. The quantitative estimate of drug-likeness (QED) is 0.806. The van der Waals surface area contributed by atoms with E-state index in [-0.39, 0.29) is 30.3 Å². The number of hydrogen-bond donors (Lipinski definition) is 1. The summed E-state index contributed by atoms with van der Waals surface area (Å²) in [5.41, 5.74) is -0.780. The zero-order chi connectivity index (χ0) is 18.7. The Kier molecular flexibility index (Phi) is 5.38. The number of carbonyl (C=O) groups is 3. The number of methoxy groups -OCH3 is 2. The second-order valence-corrected chi connectivity index (χ2v) is 5.11. The van der Waals surface area contributed by atoms with Gasteiger partial charge in [-0.3, -0.25) is 0 Å². The molecule has 0 atom stereocenters. The SMILES string of the molecule is COC(=O)C1=C(C(=O)OC)N(c2c(C)ccc(F)c2C(=O)O)COC1. The molecule has 2 rings (SSSR count). The van der Waals surface area contributed by atoms with Crippen molar-refractivity contribution in [1.82, 2.24) is 0 Å². The number of anilines is 1. The number of hydrogen-bond acceptors (Lipinski definition) is 7. The molecule has 0 fully saturated rings. The van der Waals surface area contributed by atoms with Crippen molar-refractivity contribution < 1.29 is 38.1 Å². The van der Waals surface area contributed by atoms with E-state index in [1.807, 2.05) is 0 Å². The van der Waals surface area contributed by atoms with Gasteiger partial charge in [0, 0.05) is 0 Å². The van der Waals surface area contributed by atoms with Gasteiger partial charge >= 0.3 is 17.9 Å². The third-order valence-electron chi connectivity index (χ3n) is 3.65. The van der Waals surface area contributed by atoms with Crippen molar-refractivity contribution >= 4 is 23.6 Å². The number of aryl methyl sites for hydroxylation is 1. The lowest BCUT2D eigenvalue weighted by Crippen LogP contribution is -2.40. The van der Waals surface area contributed by atoms with Crippen LogP contribution in [0.3, 0.4) is 0 Å². The molecule has 0 saturated carbocycles. The minimum absolute atomic E-state index is 0.103. The van der Waals surface area contributed by atoms with E-state index in [4.69, 9.17) is 9.47 Å². The Morgan fingerprint density at radius 1 is 1.20 bits per heavy atom. The molecule has 8 nitrogen and oxygen atoms in total. The first-order valence-corrected chi connectivity index (χ1v) is 7.10. The van der Waals surface area contributed by atoms with Crippen LogP contribution in [0, 0.1) is 12.7 Å². The van der Waals surface area contributed by atoms with Crippen molar-refractivity contribution in [2.75, 3.05) is 32.5 Å². The largest absolute Gasteiger partial charge is 0.478 e. The maximum Gasteiger partial charge on any atom is 0.355 e. The number of benzene rings is 1. The maximum absolute atomic E-state index is 14.1. The van der Waals surface area contributed by atoms with Gasteiger partial charge in [-0.15, -0.1) is 0 Å². The van der Waals surface area contributed by atoms with Crippen molar-refractivity contribution in [1.29, 1.82) is 0 Å². The summed E-state index contributed by atoms with van der Waals surface area (Å²) in [5.74, 6) is -4.24. The Labute approximate surface area is 142 Å². The van der Waals surface area contributed by atoms with E-state index >= 15 is 0 Å². The van der Waals surface area contributed by atoms with Crippen LogP contribution in [0.5, 0.6) is 0 Å². The number of nitrogens with zero attached hydrogens (tertiary/aromatic N) is 1. The van der Waals surface area contributed by atoms with Crippen LogP contribution >= 0.6 is 0 Å². The average Bonchev–Trinajstić information content (AvgIpc) is 2.61. The van der Waals surface area contributed by atoms with Crippen LogP contribution in [0.15, 0.2) is 23.4 Å². The molecule has 9 heteroatoms. The molecule has 0 radical (unpaired) electrons. The molecule has 0 aliphatic carbocycles. The summed E-state index contributed by atoms with van der Waals surface area (Å²) >= 11 is 0. The van der Waals surface area contributed by atoms with Gasteiger partial charge in [0.2, 0.25) is 0 Å². The number of ether oxygens (including phenoxy) is 3. The normalized spacial score (nSPS) is 14.3. The lowest BCUT2D eigenvalue weighted by atomic mass is 10.0. The van der Waals surface area contributed by atoms with E-state index in [1.165, 1.54) is 6.07 Å². The van der Waals surface area contributed by atoms with Crippen LogP contribution < -0.4 is 4.90 Å². The number of esters is 2. The van der Waals surface area contributed by atoms with Gasteiger partial charge in [0.15, 0.2) is 0 Å². The first-order valence-electron chi connectivity index (χ1n) is 7.10. The summed E-state index contributed by atoms with van der Waals surface area (Å²) in [4.78, 5) is 36.8. The number of rotatable bonds is 4. The second kappa shape index (κ2) is 7.31. The Morgan fingerprint density at radius 2 is 1.84 bits per heavy atom. The third-order valence-corrected chi connectivity index (χ3v) is 3.65. The highest BCUT2D eigenvalue weighted by Crippen LogP contribution is 2.33. The van der Waals surface area contributed by atoms with Crippen molar-refractivity contribution in [3.63, 3.8) is 0 Å². The Hall–Kier alpha value is -2.94. The number of halogens is 1. The molecule has 0 bridgehead atoms. The summed E-state index contributed by atoms with van der Waals surface area (Å²) in [7, 11) is 2.23. The van der Waals surface area contributed by atoms with Gasteiger partial charge in [0.05, 0.1) is 32.1 Å². The summed E-state index contributed by atoms with van der Waals surface area (Å²) in [6.07, 6.45) is 0. The van der Waals surface area contributed by atoms with Gasteiger partial charge in [-0.05, 0) is 18.6 Å². The summed E-state index contributed by atoms with van der Waals surface area (Å²) in [6.45, 7) is 1.04. The van der Waals surface area contributed by atoms with Gasteiger partial charge < -0.3 is 24.2 Å². The number of carbonyl (C=O) groups excluding carboxylic acids is 2. The molecule has 134 valence electrons. The monoisotopic (exact) mass is 353 g/mol. The van der Waals surface area contributed by atoms with Crippen molar-refractivity contribution in [3.8, 4) is 0 Å². The summed E-state index contributed by atoms with van der Waals surface area (Å²) < 4.78 is 28.7.